The normalized spacial score (nSPS) is 13.4. The maximum absolute atomic E-state index is 11.0. The highest BCUT2D eigenvalue weighted by molar-refractivity contribution is 5.77. The molecule has 1 nitrogen and oxygen atoms in total. The molecule has 0 saturated heterocycles. The van der Waals surface area contributed by atoms with Crippen molar-refractivity contribution in [1.82, 2.24) is 0 Å². The minimum atomic E-state index is 0.210. The van der Waals surface area contributed by atoms with Gasteiger partial charge < -0.3 is 0 Å². The van der Waals surface area contributed by atoms with Crippen LogP contribution in [0, 0.1) is 5.92 Å². The van der Waals surface area contributed by atoms with Gasteiger partial charge in [-0.3, -0.25) is 4.79 Å². The quantitative estimate of drug-likeness (QED) is 0.571. The number of hydrogen-bond acceptors (Lipinski definition) is 1. The molecule has 0 aromatic rings. The van der Waals surface area contributed by atoms with Crippen LogP contribution < -0.4 is 0 Å². The summed E-state index contributed by atoms with van der Waals surface area (Å²) in [7, 11) is 0. The third-order valence-electron chi connectivity index (χ3n) is 2.88. The molecule has 0 aliphatic carbocycles. The molecule has 0 aliphatic heterocycles. The zero-order valence-electron chi connectivity index (χ0n) is 11.5. The second-order valence-electron chi connectivity index (χ2n) is 4.96. The van der Waals surface area contributed by atoms with E-state index < -0.39 is 0 Å². The van der Waals surface area contributed by atoms with Gasteiger partial charge in [-0.15, -0.1) is 0 Å². The molecule has 0 aliphatic rings. The van der Waals surface area contributed by atoms with Crippen LogP contribution in [-0.2, 0) is 4.79 Å². The van der Waals surface area contributed by atoms with Gasteiger partial charge in [-0.05, 0) is 53.4 Å². The molecule has 0 spiro atoms. The van der Waals surface area contributed by atoms with Crippen LogP contribution in [0.1, 0.15) is 60.3 Å². The molecule has 1 unspecified atom stereocenters. The molecule has 0 bridgehead atoms. The topological polar surface area (TPSA) is 17.1 Å². The Labute approximate surface area is 101 Å². The van der Waals surface area contributed by atoms with Gasteiger partial charge in [-0.1, -0.05) is 30.2 Å². The van der Waals surface area contributed by atoms with E-state index in [1.165, 1.54) is 11.1 Å². The second kappa shape index (κ2) is 8.32. The maximum atomic E-state index is 11.0. The van der Waals surface area contributed by atoms with E-state index in [-0.39, 0.29) is 5.92 Å². The van der Waals surface area contributed by atoms with Crippen LogP contribution in [0.3, 0.4) is 0 Å². The van der Waals surface area contributed by atoms with Gasteiger partial charge in [0.15, 0.2) is 0 Å². The highest BCUT2D eigenvalue weighted by Crippen LogP contribution is 2.12. The second-order valence-corrected chi connectivity index (χ2v) is 4.96. The number of carbonyl (C=O) groups excluding carboxylic acids is 1. The van der Waals surface area contributed by atoms with Gasteiger partial charge in [0.2, 0.25) is 0 Å². The van der Waals surface area contributed by atoms with Crippen molar-refractivity contribution in [2.75, 3.05) is 0 Å². The van der Waals surface area contributed by atoms with E-state index in [1.807, 2.05) is 6.92 Å². The summed E-state index contributed by atoms with van der Waals surface area (Å²) in [5.74, 6) is 0.512. The fraction of sp³-hybridized carbons (Fsp3) is 0.667. The number of carbonyl (C=O) groups is 1. The Kier molecular flexibility index (Phi) is 7.88. The summed E-state index contributed by atoms with van der Waals surface area (Å²) in [6.45, 7) is 10.1. The Hall–Kier alpha value is -0.850. The lowest BCUT2D eigenvalue weighted by atomic mass is 10.00. The van der Waals surface area contributed by atoms with Crippen molar-refractivity contribution in [3.8, 4) is 0 Å². The molecule has 0 aromatic carbocycles. The molecular weight excluding hydrogens is 196 g/mol. The van der Waals surface area contributed by atoms with E-state index in [2.05, 4.69) is 32.9 Å². The molecule has 0 amide bonds. The van der Waals surface area contributed by atoms with E-state index in [4.69, 9.17) is 0 Å². The molecule has 0 saturated carbocycles. The lowest BCUT2D eigenvalue weighted by molar-refractivity contribution is -0.120. The van der Waals surface area contributed by atoms with E-state index in [0.29, 0.717) is 5.78 Å². The first kappa shape index (κ1) is 15.2. The Balaban J connectivity index is 3.79. The highest BCUT2D eigenvalue weighted by Gasteiger charge is 2.05. The van der Waals surface area contributed by atoms with Crippen molar-refractivity contribution in [3.05, 3.63) is 23.3 Å². The van der Waals surface area contributed by atoms with Gasteiger partial charge in [0.05, 0.1) is 0 Å². The van der Waals surface area contributed by atoms with Gasteiger partial charge in [-0.2, -0.15) is 0 Å². The van der Waals surface area contributed by atoms with Crippen molar-refractivity contribution < 1.29 is 4.79 Å². The van der Waals surface area contributed by atoms with Crippen molar-refractivity contribution in [2.24, 2.45) is 5.92 Å². The van der Waals surface area contributed by atoms with Crippen LogP contribution in [0.2, 0.25) is 0 Å². The first-order chi connectivity index (χ1) is 7.43. The van der Waals surface area contributed by atoms with E-state index in [0.717, 1.165) is 25.7 Å². The van der Waals surface area contributed by atoms with Crippen molar-refractivity contribution in [2.45, 2.75) is 60.3 Å². The molecule has 1 atom stereocenters. The summed E-state index contributed by atoms with van der Waals surface area (Å²) < 4.78 is 0. The van der Waals surface area contributed by atoms with Crippen LogP contribution in [-0.4, -0.2) is 5.78 Å². The van der Waals surface area contributed by atoms with Gasteiger partial charge in [0.25, 0.3) is 0 Å². The average molecular weight is 222 g/mol. The number of rotatable bonds is 7. The summed E-state index contributed by atoms with van der Waals surface area (Å²) in [6.07, 6.45) is 8.83. The minimum absolute atomic E-state index is 0.210. The monoisotopic (exact) mass is 222 g/mol. The van der Waals surface area contributed by atoms with E-state index >= 15 is 0 Å². The van der Waals surface area contributed by atoms with Gasteiger partial charge >= 0.3 is 0 Å². The lowest BCUT2D eigenvalue weighted by Gasteiger charge is -2.05. The van der Waals surface area contributed by atoms with Gasteiger partial charge in [0, 0.05) is 5.92 Å². The molecule has 0 radical (unpaired) electrons. The molecule has 16 heavy (non-hydrogen) atoms. The van der Waals surface area contributed by atoms with Crippen molar-refractivity contribution in [3.63, 3.8) is 0 Å². The molecule has 0 fully saturated rings. The maximum Gasteiger partial charge on any atom is 0.132 e. The average Bonchev–Trinajstić information content (AvgIpc) is 2.16. The van der Waals surface area contributed by atoms with Crippen molar-refractivity contribution >= 4 is 5.78 Å². The fourth-order valence-corrected chi connectivity index (χ4v) is 1.47. The zero-order valence-corrected chi connectivity index (χ0v) is 11.5. The first-order valence-corrected chi connectivity index (χ1v) is 6.23. The van der Waals surface area contributed by atoms with Crippen LogP contribution in [0.25, 0.3) is 0 Å². The molecule has 0 heterocycles. The number of Topliss-reactive ketones (excluding diaryl/α,β-unsaturated/α-hetero) is 1. The molecule has 0 aromatic heterocycles. The minimum Gasteiger partial charge on any atom is -0.300 e. The van der Waals surface area contributed by atoms with Crippen LogP contribution in [0.5, 0.6) is 0 Å². The number of hydrogen-bond donors (Lipinski definition) is 0. The van der Waals surface area contributed by atoms with Crippen LogP contribution in [0.15, 0.2) is 23.3 Å². The van der Waals surface area contributed by atoms with Gasteiger partial charge in [0.1, 0.15) is 5.78 Å². The van der Waals surface area contributed by atoms with E-state index in [1.54, 1.807) is 6.92 Å². The van der Waals surface area contributed by atoms with Crippen molar-refractivity contribution in [1.29, 1.82) is 0 Å². The van der Waals surface area contributed by atoms with Gasteiger partial charge in [-0.25, -0.2) is 0 Å². The summed E-state index contributed by atoms with van der Waals surface area (Å²) >= 11 is 0. The SMILES string of the molecule is CC(=O)C(C)CC/C=C(\C)CCC=C(C)C. The predicted molar refractivity (Wildman–Crippen MR) is 71.5 cm³/mol. The third-order valence-corrected chi connectivity index (χ3v) is 2.88. The molecular formula is C15H26O. The van der Waals surface area contributed by atoms with E-state index in [9.17, 15) is 4.79 Å². The number of ketones is 1. The standard InChI is InChI=1S/C15H26O/c1-12(2)8-6-9-13(3)10-7-11-14(4)15(5)16/h8,10,14H,6-7,9,11H2,1-5H3/b13-10+. The molecule has 0 rings (SSSR count). The molecule has 92 valence electrons. The largest absolute Gasteiger partial charge is 0.300 e. The van der Waals surface area contributed by atoms with Crippen LogP contribution >= 0.6 is 0 Å². The summed E-state index contributed by atoms with van der Waals surface area (Å²) in [4.78, 5) is 11.0. The Morgan fingerprint density at radius 1 is 1.06 bits per heavy atom. The van der Waals surface area contributed by atoms with Crippen LogP contribution in [0.4, 0.5) is 0 Å². The smallest absolute Gasteiger partial charge is 0.132 e. The summed E-state index contributed by atoms with van der Waals surface area (Å²) in [5.41, 5.74) is 2.83. The zero-order chi connectivity index (χ0) is 12.6. The summed E-state index contributed by atoms with van der Waals surface area (Å²) in [6, 6.07) is 0. The summed E-state index contributed by atoms with van der Waals surface area (Å²) in [5, 5.41) is 0. The predicted octanol–water partition coefficient (Wildman–Crippen LogP) is 4.68. The highest BCUT2D eigenvalue weighted by atomic mass is 16.1. The first-order valence-electron chi connectivity index (χ1n) is 6.23. The third kappa shape index (κ3) is 8.46. The molecule has 0 N–H and O–H groups in total. The molecule has 1 heteroatoms. The Morgan fingerprint density at radius 3 is 2.19 bits per heavy atom. The number of allylic oxidation sites excluding steroid dienone is 4. The lowest BCUT2D eigenvalue weighted by Crippen LogP contribution is -2.05. The Morgan fingerprint density at radius 2 is 1.69 bits per heavy atom. The Bertz CT molecular complexity index is 267. The fourth-order valence-electron chi connectivity index (χ4n) is 1.47.